The van der Waals surface area contributed by atoms with Crippen LogP contribution in [0.2, 0.25) is 0 Å². The van der Waals surface area contributed by atoms with Gasteiger partial charge in [0.1, 0.15) is 11.5 Å². The largest absolute Gasteiger partial charge is 0.497 e. The second-order valence-electron chi connectivity index (χ2n) is 5.78. The summed E-state index contributed by atoms with van der Waals surface area (Å²) in [4.78, 5) is 11.7. The number of allylic oxidation sites excluding steroid dienone is 1. The Balaban J connectivity index is 2.86. The zero-order chi connectivity index (χ0) is 17.8. The van der Waals surface area contributed by atoms with Gasteiger partial charge in [0, 0.05) is 17.7 Å². The van der Waals surface area contributed by atoms with Crippen LogP contribution in [0, 0.1) is 0 Å². The van der Waals surface area contributed by atoms with E-state index in [2.05, 4.69) is 6.92 Å². The van der Waals surface area contributed by atoms with Gasteiger partial charge in [0.25, 0.3) is 0 Å². The molecule has 0 N–H and O–H groups in total. The number of esters is 1. The van der Waals surface area contributed by atoms with E-state index in [1.807, 2.05) is 18.2 Å². The average Bonchev–Trinajstić information content (AvgIpc) is 2.62. The van der Waals surface area contributed by atoms with E-state index in [1.165, 1.54) is 32.8 Å². The fourth-order valence-electron chi connectivity index (χ4n) is 2.65. The number of carbonyl (C=O) groups is 1. The smallest absolute Gasteiger partial charge is 0.330 e. The molecule has 0 fully saturated rings. The van der Waals surface area contributed by atoms with Gasteiger partial charge in [0.05, 0.1) is 21.3 Å². The van der Waals surface area contributed by atoms with Gasteiger partial charge in [-0.05, 0) is 30.5 Å². The first-order valence-electron chi connectivity index (χ1n) is 8.67. The van der Waals surface area contributed by atoms with Crippen LogP contribution in [-0.4, -0.2) is 27.3 Å². The first-order valence-corrected chi connectivity index (χ1v) is 8.67. The molecule has 0 spiro atoms. The lowest BCUT2D eigenvalue weighted by atomic mass is 9.97. The number of ether oxygens (including phenoxy) is 3. The molecule has 0 amide bonds. The van der Waals surface area contributed by atoms with Gasteiger partial charge in [-0.1, -0.05) is 39.0 Å². The number of rotatable bonds is 11. The van der Waals surface area contributed by atoms with Crippen LogP contribution in [0.25, 0.3) is 5.57 Å². The third kappa shape index (κ3) is 6.65. The van der Waals surface area contributed by atoms with Gasteiger partial charge < -0.3 is 14.2 Å². The lowest BCUT2D eigenvalue weighted by Gasteiger charge is -2.14. The van der Waals surface area contributed by atoms with E-state index in [4.69, 9.17) is 14.2 Å². The third-order valence-electron chi connectivity index (χ3n) is 4.05. The Bertz CT molecular complexity index is 534. The first-order chi connectivity index (χ1) is 11.7. The average molecular weight is 334 g/mol. The number of benzene rings is 1. The minimum absolute atomic E-state index is 0.339. The Morgan fingerprint density at radius 3 is 2.33 bits per heavy atom. The molecule has 0 aliphatic carbocycles. The van der Waals surface area contributed by atoms with Crippen molar-refractivity contribution in [1.29, 1.82) is 0 Å². The monoisotopic (exact) mass is 334 g/mol. The fraction of sp³-hybridized carbons (Fsp3) is 0.550. The van der Waals surface area contributed by atoms with E-state index < -0.39 is 0 Å². The van der Waals surface area contributed by atoms with Crippen molar-refractivity contribution >= 4 is 11.5 Å². The van der Waals surface area contributed by atoms with Crippen LogP contribution < -0.4 is 9.47 Å². The molecular weight excluding hydrogens is 304 g/mol. The zero-order valence-corrected chi connectivity index (χ0v) is 15.4. The Hall–Kier alpha value is -1.97. The Kier molecular flexibility index (Phi) is 9.66. The van der Waals surface area contributed by atoms with Crippen molar-refractivity contribution in [1.82, 2.24) is 0 Å². The molecule has 1 aromatic carbocycles. The quantitative estimate of drug-likeness (QED) is 0.324. The molecule has 4 nitrogen and oxygen atoms in total. The fourth-order valence-corrected chi connectivity index (χ4v) is 2.65. The molecule has 0 bridgehead atoms. The van der Waals surface area contributed by atoms with Crippen molar-refractivity contribution in [2.75, 3.05) is 21.3 Å². The van der Waals surface area contributed by atoms with Crippen molar-refractivity contribution < 1.29 is 19.0 Å². The zero-order valence-electron chi connectivity index (χ0n) is 15.4. The standard InChI is InChI=1S/C20H30O4/c1-5-6-7-8-9-10-11-16(14-20(21)24-4)18-13-12-17(22-2)15-19(18)23-3/h12-15H,5-11H2,1-4H3/b16-14-. The number of carbonyl (C=O) groups excluding carboxylic acids is 1. The minimum Gasteiger partial charge on any atom is -0.497 e. The summed E-state index contributed by atoms with van der Waals surface area (Å²) in [5.41, 5.74) is 1.86. The van der Waals surface area contributed by atoms with Gasteiger partial charge in [-0.25, -0.2) is 4.79 Å². The minimum atomic E-state index is -0.339. The summed E-state index contributed by atoms with van der Waals surface area (Å²) in [5.74, 6) is 1.09. The first kappa shape index (κ1) is 20.1. The number of hydrogen-bond acceptors (Lipinski definition) is 4. The molecule has 4 heteroatoms. The van der Waals surface area contributed by atoms with E-state index in [-0.39, 0.29) is 5.97 Å². The summed E-state index contributed by atoms with van der Waals surface area (Å²) < 4.78 is 15.5. The van der Waals surface area contributed by atoms with Crippen LogP contribution in [0.3, 0.4) is 0 Å². The second-order valence-corrected chi connectivity index (χ2v) is 5.78. The normalized spacial score (nSPS) is 11.2. The molecular formula is C20H30O4. The van der Waals surface area contributed by atoms with Crippen molar-refractivity contribution in [2.24, 2.45) is 0 Å². The summed E-state index contributed by atoms with van der Waals surface area (Å²) in [5, 5.41) is 0. The molecule has 0 saturated carbocycles. The second kappa shape index (κ2) is 11.5. The molecule has 134 valence electrons. The van der Waals surface area contributed by atoms with Gasteiger partial charge in [0.2, 0.25) is 0 Å². The van der Waals surface area contributed by atoms with Crippen LogP contribution in [0.5, 0.6) is 11.5 Å². The van der Waals surface area contributed by atoms with Crippen LogP contribution in [0.4, 0.5) is 0 Å². The highest BCUT2D eigenvalue weighted by Gasteiger charge is 2.12. The molecule has 1 aromatic rings. The highest BCUT2D eigenvalue weighted by Crippen LogP contribution is 2.33. The van der Waals surface area contributed by atoms with Crippen LogP contribution >= 0.6 is 0 Å². The summed E-state index contributed by atoms with van der Waals surface area (Å²) in [6.45, 7) is 2.22. The van der Waals surface area contributed by atoms with Crippen molar-refractivity contribution in [3.63, 3.8) is 0 Å². The van der Waals surface area contributed by atoms with Gasteiger partial charge in [-0.2, -0.15) is 0 Å². The van der Waals surface area contributed by atoms with Crippen LogP contribution in [-0.2, 0) is 9.53 Å². The molecule has 0 radical (unpaired) electrons. The van der Waals surface area contributed by atoms with Gasteiger partial charge in [-0.15, -0.1) is 0 Å². The van der Waals surface area contributed by atoms with E-state index in [0.29, 0.717) is 5.75 Å². The Morgan fingerprint density at radius 1 is 1.00 bits per heavy atom. The summed E-state index contributed by atoms with van der Waals surface area (Å²) in [6.07, 6.45) is 9.64. The maximum Gasteiger partial charge on any atom is 0.330 e. The molecule has 0 aliphatic heterocycles. The molecule has 0 unspecified atom stereocenters. The van der Waals surface area contributed by atoms with E-state index in [0.717, 1.165) is 36.1 Å². The highest BCUT2D eigenvalue weighted by atomic mass is 16.5. The van der Waals surface area contributed by atoms with Gasteiger partial charge in [0.15, 0.2) is 0 Å². The molecule has 0 saturated heterocycles. The van der Waals surface area contributed by atoms with Crippen molar-refractivity contribution in [3.05, 3.63) is 29.8 Å². The Labute approximate surface area is 145 Å². The van der Waals surface area contributed by atoms with Crippen LogP contribution in [0.1, 0.15) is 57.4 Å². The molecule has 0 atom stereocenters. The molecule has 0 heterocycles. The van der Waals surface area contributed by atoms with Crippen molar-refractivity contribution in [3.8, 4) is 11.5 Å². The Morgan fingerprint density at radius 2 is 1.71 bits per heavy atom. The highest BCUT2D eigenvalue weighted by molar-refractivity contribution is 5.92. The summed E-state index contributed by atoms with van der Waals surface area (Å²) >= 11 is 0. The third-order valence-corrected chi connectivity index (χ3v) is 4.05. The van der Waals surface area contributed by atoms with Gasteiger partial charge in [-0.3, -0.25) is 0 Å². The summed E-state index contributed by atoms with van der Waals surface area (Å²) in [7, 11) is 4.64. The van der Waals surface area contributed by atoms with Crippen LogP contribution in [0.15, 0.2) is 24.3 Å². The number of hydrogen-bond donors (Lipinski definition) is 0. The molecule has 1 rings (SSSR count). The van der Waals surface area contributed by atoms with Crippen molar-refractivity contribution in [2.45, 2.75) is 51.9 Å². The lowest BCUT2D eigenvalue weighted by Crippen LogP contribution is -2.00. The van der Waals surface area contributed by atoms with E-state index in [1.54, 1.807) is 20.3 Å². The number of unbranched alkanes of at least 4 members (excludes halogenated alkanes) is 5. The van der Waals surface area contributed by atoms with E-state index >= 15 is 0 Å². The SMILES string of the molecule is CCCCCCCC/C(=C/C(=O)OC)c1ccc(OC)cc1OC. The maximum atomic E-state index is 11.7. The maximum absolute atomic E-state index is 11.7. The predicted octanol–water partition coefficient (Wildman–Crippen LogP) is 5.01. The topological polar surface area (TPSA) is 44.8 Å². The predicted molar refractivity (Wildman–Crippen MR) is 97.5 cm³/mol. The van der Waals surface area contributed by atoms with Gasteiger partial charge >= 0.3 is 5.97 Å². The lowest BCUT2D eigenvalue weighted by molar-refractivity contribution is -0.134. The molecule has 0 aromatic heterocycles. The van der Waals surface area contributed by atoms with E-state index in [9.17, 15) is 4.79 Å². The number of methoxy groups -OCH3 is 3. The molecule has 0 aliphatic rings. The summed E-state index contributed by atoms with van der Waals surface area (Å²) in [6, 6.07) is 5.65. The molecule has 24 heavy (non-hydrogen) atoms.